The Morgan fingerprint density at radius 1 is 0.319 bits per heavy atom. The van der Waals surface area contributed by atoms with Crippen LogP contribution >= 0.6 is 0 Å². The quantitative estimate of drug-likeness (QED) is 0.0936. The lowest BCUT2D eigenvalue weighted by atomic mass is 9.12. The molecule has 378 valence electrons. The number of hydrogen-bond acceptors (Lipinski definition) is 1. The van der Waals surface area contributed by atoms with Gasteiger partial charge < -0.3 is 0 Å². The standard InChI is InChI=1S/C32H12BF24.C10H15OS/c34-25(35,36)13-1-14(26(37,38)39)6-21(5-13)33(22-7-15(27(40,41)42)2-16(8-22)28(43,44)45,23-9-17(29(46,47)48)3-18(10-23)30(49,50)51)24-11-19(31(52,53)54)4-20(12-24)32(55,56)57;1-8-5-6-9(2)10(7-8)11-12(3)4/h1-12H;5-7H,1-4H3/q-1;+1. The average Bonchev–Trinajstić information content (AvgIpc) is 3.16. The number of halogens is 24. The van der Waals surface area contributed by atoms with Crippen molar-refractivity contribution in [2.75, 3.05) is 12.5 Å². The minimum atomic E-state index is -6.13. The third-order valence-corrected chi connectivity index (χ3v) is 10.6. The van der Waals surface area contributed by atoms with E-state index in [2.05, 4.69) is 44.6 Å². The molecule has 0 atom stereocenters. The molecule has 0 amide bonds. The van der Waals surface area contributed by atoms with Crippen molar-refractivity contribution in [1.82, 2.24) is 0 Å². The summed E-state index contributed by atoms with van der Waals surface area (Å²) in [6.07, 6.45) is -50.7. The van der Waals surface area contributed by atoms with Crippen molar-refractivity contribution in [1.29, 1.82) is 0 Å². The van der Waals surface area contributed by atoms with E-state index in [1.165, 1.54) is 11.1 Å². The van der Waals surface area contributed by atoms with Crippen LogP contribution in [0, 0.1) is 13.8 Å². The zero-order valence-electron chi connectivity index (χ0n) is 34.6. The molecule has 0 radical (unpaired) electrons. The molecule has 0 spiro atoms. The molecule has 0 saturated carbocycles. The third kappa shape index (κ3) is 13.3. The van der Waals surface area contributed by atoms with Crippen LogP contribution in [0.5, 0.6) is 5.75 Å². The molecular weight excluding hydrogens is 1020 g/mol. The van der Waals surface area contributed by atoms with E-state index in [0.29, 0.717) is 0 Å². The van der Waals surface area contributed by atoms with Gasteiger partial charge in [0, 0.05) is 0 Å². The molecule has 5 rings (SSSR count). The Hall–Kier alpha value is -5.37. The van der Waals surface area contributed by atoms with Gasteiger partial charge in [0.1, 0.15) is 18.7 Å². The fraction of sp³-hybridized carbons (Fsp3) is 0.286. The van der Waals surface area contributed by atoms with Gasteiger partial charge in [-0.2, -0.15) is 127 Å². The van der Waals surface area contributed by atoms with Crippen molar-refractivity contribution >= 4 is 39.2 Å². The summed E-state index contributed by atoms with van der Waals surface area (Å²) >= 11 is 0.0149. The highest BCUT2D eigenvalue weighted by Gasteiger charge is 2.47. The number of alkyl halides is 24. The highest BCUT2D eigenvalue weighted by Crippen LogP contribution is 2.41. The molecule has 5 aromatic rings. The molecule has 0 fully saturated rings. The highest BCUT2D eigenvalue weighted by molar-refractivity contribution is 7.91. The van der Waals surface area contributed by atoms with Gasteiger partial charge in [0.05, 0.1) is 44.5 Å². The molecule has 0 aromatic heterocycles. The van der Waals surface area contributed by atoms with Gasteiger partial charge in [-0.25, -0.2) is 0 Å². The summed E-state index contributed by atoms with van der Waals surface area (Å²) in [7, 11) is 0. The molecule has 0 aliphatic rings. The molecule has 27 heteroatoms. The number of rotatable bonds is 6. The van der Waals surface area contributed by atoms with Crippen LogP contribution in [0.3, 0.4) is 0 Å². The average molecular weight is 1050 g/mol. The molecule has 0 N–H and O–H groups in total. The third-order valence-electron chi connectivity index (χ3n) is 10.0. The van der Waals surface area contributed by atoms with Crippen molar-refractivity contribution in [3.8, 4) is 5.75 Å². The summed E-state index contributed by atoms with van der Waals surface area (Å²) in [4.78, 5) is 0. The van der Waals surface area contributed by atoms with Crippen LogP contribution in [0.4, 0.5) is 105 Å². The van der Waals surface area contributed by atoms with Gasteiger partial charge in [-0.15, -0.1) is 0 Å². The van der Waals surface area contributed by atoms with E-state index in [1.54, 1.807) is 0 Å². The first-order chi connectivity index (χ1) is 30.9. The van der Waals surface area contributed by atoms with Crippen molar-refractivity contribution in [2.24, 2.45) is 0 Å². The molecule has 0 bridgehead atoms. The Labute approximate surface area is 376 Å². The van der Waals surface area contributed by atoms with Crippen LogP contribution in [-0.2, 0) is 60.6 Å². The second-order valence-electron chi connectivity index (χ2n) is 15.3. The Morgan fingerprint density at radius 3 is 0.696 bits per heavy atom. The first-order valence-corrected chi connectivity index (χ1v) is 20.5. The molecule has 0 aliphatic carbocycles. The van der Waals surface area contributed by atoms with Gasteiger partial charge in [-0.1, -0.05) is 60.7 Å². The topological polar surface area (TPSA) is 9.23 Å². The normalized spacial score (nSPS) is 13.6. The molecule has 0 unspecified atom stereocenters. The zero-order valence-corrected chi connectivity index (χ0v) is 35.4. The van der Waals surface area contributed by atoms with Crippen LogP contribution < -0.4 is 26.0 Å². The second kappa shape index (κ2) is 18.8. The molecule has 5 aromatic carbocycles. The van der Waals surface area contributed by atoms with Crippen LogP contribution in [0.15, 0.2) is 91.0 Å². The summed E-state index contributed by atoms with van der Waals surface area (Å²) in [6, 6.07) is -2.53. The highest BCUT2D eigenvalue weighted by atomic mass is 32.2. The minimum Gasteiger partial charge on any atom is -0.286 e. The van der Waals surface area contributed by atoms with Crippen molar-refractivity contribution in [2.45, 2.75) is 63.3 Å². The van der Waals surface area contributed by atoms with Crippen LogP contribution in [0.25, 0.3) is 0 Å². The van der Waals surface area contributed by atoms with E-state index in [0.717, 1.165) is 5.75 Å². The fourth-order valence-electron chi connectivity index (χ4n) is 7.05. The second-order valence-corrected chi connectivity index (χ2v) is 17.0. The Morgan fingerprint density at radius 2 is 0.522 bits per heavy atom. The van der Waals surface area contributed by atoms with Crippen molar-refractivity contribution in [3.05, 3.63) is 147 Å². The van der Waals surface area contributed by atoms with Crippen LogP contribution in [0.2, 0.25) is 0 Å². The van der Waals surface area contributed by atoms with E-state index in [4.69, 9.17) is 4.18 Å². The Balaban J connectivity index is 0.000000750. The lowest BCUT2D eigenvalue weighted by Gasteiger charge is -2.46. The summed E-state index contributed by atoms with van der Waals surface area (Å²) in [5, 5.41) is 0. The summed E-state index contributed by atoms with van der Waals surface area (Å²) in [5.74, 6) is 1.02. The predicted octanol–water partition coefficient (Wildman–Crippen LogP) is 13.7. The Kier molecular flexibility index (Phi) is 15.3. The predicted molar refractivity (Wildman–Crippen MR) is 206 cm³/mol. The maximum atomic E-state index is 14.2. The maximum absolute atomic E-state index is 14.2. The molecule has 69 heavy (non-hydrogen) atoms. The fourth-order valence-corrected chi connectivity index (χ4v) is 7.59. The van der Waals surface area contributed by atoms with Crippen LogP contribution in [-0.4, -0.2) is 18.7 Å². The first kappa shape index (κ1) is 56.2. The van der Waals surface area contributed by atoms with Crippen molar-refractivity contribution < 1.29 is 110 Å². The lowest BCUT2D eigenvalue weighted by Crippen LogP contribution is -2.75. The maximum Gasteiger partial charge on any atom is 0.416 e. The number of aryl methyl sites for hydroxylation is 2. The molecular formula is C42H27BF24OS. The van der Waals surface area contributed by atoms with Gasteiger partial charge in [0.15, 0.2) is 16.9 Å². The molecule has 0 saturated heterocycles. The smallest absolute Gasteiger partial charge is 0.286 e. The monoisotopic (exact) mass is 1050 g/mol. The van der Waals surface area contributed by atoms with E-state index in [9.17, 15) is 105 Å². The number of benzene rings is 5. The van der Waals surface area contributed by atoms with E-state index in [-0.39, 0.29) is 11.2 Å². The summed E-state index contributed by atoms with van der Waals surface area (Å²) in [6.45, 7) is 4.15. The Bertz CT molecular complexity index is 2210. The minimum absolute atomic E-state index is 0.0149. The summed E-state index contributed by atoms with van der Waals surface area (Å²) in [5.41, 5.74) is -27.7. The largest absolute Gasteiger partial charge is 0.416 e. The first-order valence-electron chi connectivity index (χ1n) is 18.5. The molecule has 1 nitrogen and oxygen atoms in total. The number of hydrogen-bond donors (Lipinski definition) is 0. The molecule has 0 heterocycles. The zero-order chi connectivity index (χ0) is 53.1. The van der Waals surface area contributed by atoms with Crippen molar-refractivity contribution in [3.63, 3.8) is 0 Å². The van der Waals surface area contributed by atoms with Crippen LogP contribution in [0.1, 0.15) is 55.6 Å². The molecule has 0 aliphatic heterocycles. The van der Waals surface area contributed by atoms with Gasteiger partial charge in [-0.05, 0) is 55.3 Å². The van der Waals surface area contributed by atoms with Gasteiger partial charge in [0.25, 0.3) is 0 Å². The van der Waals surface area contributed by atoms with E-state index in [1.807, 2.05) is 0 Å². The van der Waals surface area contributed by atoms with E-state index >= 15 is 0 Å². The van der Waals surface area contributed by atoms with E-state index < -0.39 is 195 Å². The SMILES string of the molecule is Cc1ccc(C)c(O[S+](C)C)c1.FC(F)(F)c1cc([B-](c2cc(C(F)(F)F)cc(C(F)(F)F)c2)(c2cc(C(F)(F)F)cc(C(F)(F)F)c2)c2cc(C(F)(F)F)cc(C(F)(F)F)c2)cc(C(F)(F)F)c1. The lowest BCUT2D eigenvalue weighted by molar-refractivity contribution is -0.144. The van der Waals surface area contributed by atoms with Gasteiger partial charge in [-0.3, -0.25) is 4.18 Å². The summed E-state index contributed by atoms with van der Waals surface area (Å²) < 4.78 is 346. The van der Waals surface area contributed by atoms with Gasteiger partial charge >= 0.3 is 49.4 Å². The van der Waals surface area contributed by atoms with Gasteiger partial charge in [0.2, 0.25) is 0 Å².